The summed E-state index contributed by atoms with van der Waals surface area (Å²) in [6, 6.07) is 11.4. The Kier molecular flexibility index (Phi) is 8.89. The summed E-state index contributed by atoms with van der Waals surface area (Å²) in [5.74, 6) is -0.0472. The third-order valence-corrected chi connectivity index (χ3v) is 5.93. The molecule has 0 bridgehead atoms. The van der Waals surface area contributed by atoms with Gasteiger partial charge in [-0.25, -0.2) is 0 Å². The van der Waals surface area contributed by atoms with Crippen molar-refractivity contribution >= 4 is 36.0 Å². The average molecular weight is 464 g/mol. The standard InChI is InChI=1S/C25H33N7O2/c1-18-8-9-23(30-28-11-10-26)20(16-18)24(34)31-12-5-13-32(15-14-31)25(27-3)29-22-7-4-6-19(2)21(22)17-33/h4,6-11,16-17,25-27,29-30H,5,12-15H2,1-3H3/b26-10?,28-11-. The lowest BCUT2D eigenvalue weighted by Crippen LogP contribution is -2.51. The number of carbonyl (C=O) groups excluding carboxylic acids is 2. The number of hydrogen-bond donors (Lipinski definition) is 4. The monoisotopic (exact) mass is 463 g/mol. The molecule has 0 aromatic heterocycles. The normalized spacial score (nSPS) is 15.6. The number of amides is 1. The molecule has 1 unspecified atom stereocenters. The number of hydrazone groups is 1. The Bertz CT molecular complexity index is 1050. The molecule has 3 rings (SSSR count). The number of carbonyl (C=O) groups is 2. The molecule has 1 aliphatic rings. The van der Waals surface area contributed by atoms with E-state index in [1.807, 2.05) is 62.2 Å². The van der Waals surface area contributed by atoms with Crippen molar-refractivity contribution in [1.29, 1.82) is 5.41 Å². The van der Waals surface area contributed by atoms with Gasteiger partial charge in [-0.2, -0.15) is 5.10 Å². The Morgan fingerprint density at radius 2 is 1.94 bits per heavy atom. The molecule has 9 heteroatoms. The summed E-state index contributed by atoms with van der Waals surface area (Å²) in [6.07, 6.45) is 3.93. The number of nitrogens with one attached hydrogen (secondary N) is 4. The molecule has 9 nitrogen and oxygen atoms in total. The fourth-order valence-corrected chi connectivity index (χ4v) is 4.10. The SMILES string of the molecule is CNC(Nc1cccc(C)c1C=O)N1CCCN(C(=O)c2cc(C)ccc2N/N=C\C=N)CC1. The summed E-state index contributed by atoms with van der Waals surface area (Å²) < 4.78 is 0. The number of aryl methyl sites for hydroxylation is 2. The van der Waals surface area contributed by atoms with Crippen molar-refractivity contribution in [1.82, 2.24) is 15.1 Å². The van der Waals surface area contributed by atoms with Crippen LogP contribution in [0.2, 0.25) is 0 Å². The first-order valence-corrected chi connectivity index (χ1v) is 11.4. The number of rotatable bonds is 9. The zero-order valence-electron chi connectivity index (χ0n) is 20.0. The van der Waals surface area contributed by atoms with Crippen molar-refractivity contribution in [2.45, 2.75) is 26.6 Å². The average Bonchev–Trinajstić information content (AvgIpc) is 3.09. The first-order chi connectivity index (χ1) is 16.5. The lowest BCUT2D eigenvalue weighted by molar-refractivity contribution is 0.0758. The maximum atomic E-state index is 13.4. The van der Waals surface area contributed by atoms with E-state index >= 15 is 0 Å². The van der Waals surface area contributed by atoms with E-state index in [0.29, 0.717) is 36.4 Å². The van der Waals surface area contributed by atoms with Crippen LogP contribution in [-0.4, -0.2) is 73.9 Å². The fraction of sp³-hybridized carbons (Fsp3) is 0.360. The molecular weight excluding hydrogens is 430 g/mol. The molecule has 34 heavy (non-hydrogen) atoms. The van der Waals surface area contributed by atoms with Crippen molar-refractivity contribution in [3.05, 3.63) is 58.7 Å². The first-order valence-electron chi connectivity index (χ1n) is 11.4. The van der Waals surface area contributed by atoms with E-state index in [1.165, 1.54) is 6.21 Å². The molecule has 2 aromatic carbocycles. The molecule has 1 atom stereocenters. The van der Waals surface area contributed by atoms with E-state index in [0.717, 1.165) is 42.3 Å². The summed E-state index contributed by atoms with van der Waals surface area (Å²) in [5.41, 5.74) is 7.40. The molecule has 1 saturated heterocycles. The van der Waals surface area contributed by atoms with Crippen LogP contribution in [0.4, 0.5) is 11.4 Å². The second kappa shape index (κ2) is 12.1. The van der Waals surface area contributed by atoms with E-state index in [1.54, 1.807) is 0 Å². The van der Waals surface area contributed by atoms with Gasteiger partial charge in [0.05, 0.1) is 17.5 Å². The zero-order chi connectivity index (χ0) is 24.5. The van der Waals surface area contributed by atoms with Gasteiger partial charge in [0.2, 0.25) is 0 Å². The van der Waals surface area contributed by atoms with Crippen LogP contribution in [0.15, 0.2) is 41.5 Å². The molecule has 4 N–H and O–H groups in total. The van der Waals surface area contributed by atoms with Crippen LogP contribution in [0, 0.1) is 19.3 Å². The van der Waals surface area contributed by atoms with Crippen molar-refractivity contribution < 1.29 is 9.59 Å². The van der Waals surface area contributed by atoms with Gasteiger partial charge < -0.3 is 15.6 Å². The highest BCUT2D eigenvalue weighted by Crippen LogP contribution is 2.22. The first kappa shape index (κ1) is 25.1. The van der Waals surface area contributed by atoms with E-state index in [4.69, 9.17) is 5.41 Å². The second-order valence-electron chi connectivity index (χ2n) is 8.28. The third-order valence-electron chi connectivity index (χ3n) is 5.93. The predicted molar refractivity (Wildman–Crippen MR) is 137 cm³/mol. The minimum Gasteiger partial charge on any atom is -0.357 e. The van der Waals surface area contributed by atoms with Gasteiger partial charge in [0.15, 0.2) is 6.29 Å². The quantitative estimate of drug-likeness (QED) is 0.197. The van der Waals surface area contributed by atoms with Crippen LogP contribution in [-0.2, 0) is 0 Å². The summed E-state index contributed by atoms with van der Waals surface area (Å²) in [4.78, 5) is 29.1. The van der Waals surface area contributed by atoms with Crippen LogP contribution in [0.1, 0.15) is 38.3 Å². The van der Waals surface area contributed by atoms with Crippen LogP contribution in [0.3, 0.4) is 0 Å². The molecule has 1 amide bonds. The van der Waals surface area contributed by atoms with Crippen molar-refractivity contribution in [3.8, 4) is 0 Å². The van der Waals surface area contributed by atoms with Crippen molar-refractivity contribution in [2.24, 2.45) is 5.10 Å². The highest BCUT2D eigenvalue weighted by atomic mass is 16.2. The number of anilines is 2. The Hall–Kier alpha value is -3.56. The van der Waals surface area contributed by atoms with Crippen LogP contribution >= 0.6 is 0 Å². The van der Waals surface area contributed by atoms with Gasteiger partial charge in [-0.3, -0.25) is 25.2 Å². The fourth-order valence-electron chi connectivity index (χ4n) is 4.10. The summed E-state index contributed by atoms with van der Waals surface area (Å²) in [7, 11) is 1.88. The van der Waals surface area contributed by atoms with Crippen molar-refractivity contribution in [3.63, 3.8) is 0 Å². The Labute approximate surface area is 200 Å². The van der Waals surface area contributed by atoms with E-state index in [9.17, 15) is 9.59 Å². The highest BCUT2D eigenvalue weighted by molar-refractivity contribution is 6.14. The molecule has 180 valence electrons. The van der Waals surface area contributed by atoms with Crippen LogP contribution in [0.25, 0.3) is 0 Å². The van der Waals surface area contributed by atoms with Gasteiger partial charge in [-0.1, -0.05) is 23.8 Å². The topological polar surface area (TPSA) is 113 Å². The molecule has 0 radical (unpaired) electrons. The molecule has 1 heterocycles. The van der Waals surface area contributed by atoms with E-state index in [2.05, 4.69) is 26.1 Å². The van der Waals surface area contributed by atoms with E-state index in [-0.39, 0.29) is 12.2 Å². The molecule has 1 aliphatic heterocycles. The van der Waals surface area contributed by atoms with Crippen LogP contribution in [0.5, 0.6) is 0 Å². The summed E-state index contributed by atoms with van der Waals surface area (Å²) in [6.45, 7) is 6.56. The Morgan fingerprint density at radius 1 is 1.12 bits per heavy atom. The Morgan fingerprint density at radius 3 is 2.68 bits per heavy atom. The minimum absolute atomic E-state index is 0.0472. The van der Waals surface area contributed by atoms with Gasteiger partial charge in [0.1, 0.15) is 6.29 Å². The van der Waals surface area contributed by atoms with Gasteiger partial charge in [0.25, 0.3) is 5.91 Å². The molecule has 0 saturated carbocycles. The number of aldehydes is 1. The smallest absolute Gasteiger partial charge is 0.256 e. The highest BCUT2D eigenvalue weighted by Gasteiger charge is 2.26. The summed E-state index contributed by atoms with van der Waals surface area (Å²) >= 11 is 0. The minimum atomic E-state index is -0.179. The van der Waals surface area contributed by atoms with Crippen LogP contribution < -0.4 is 16.1 Å². The van der Waals surface area contributed by atoms with Gasteiger partial charge in [0, 0.05) is 43.6 Å². The number of hydrogen-bond acceptors (Lipinski definition) is 8. The third kappa shape index (κ3) is 6.06. The maximum Gasteiger partial charge on any atom is 0.256 e. The van der Waals surface area contributed by atoms with Crippen molar-refractivity contribution in [2.75, 3.05) is 44.0 Å². The predicted octanol–water partition coefficient (Wildman–Crippen LogP) is 2.93. The molecular formula is C25H33N7O2. The lowest BCUT2D eigenvalue weighted by Gasteiger charge is -2.32. The maximum absolute atomic E-state index is 13.4. The number of benzene rings is 2. The summed E-state index contributed by atoms with van der Waals surface area (Å²) in [5, 5.41) is 17.8. The van der Waals surface area contributed by atoms with Gasteiger partial charge in [-0.15, -0.1) is 0 Å². The largest absolute Gasteiger partial charge is 0.357 e. The van der Waals surface area contributed by atoms with Gasteiger partial charge >= 0.3 is 0 Å². The lowest BCUT2D eigenvalue weighted by atomic mass is 10.1. The molecule has 0 spiro atoms. The van der Waals surface area contributed by atoms with Gasteiger partial charge in [-0.05, 0) is 51.1 Å². The molecule has 0 aliphatic carbocycles. The Balaban J connectivity index is 1.72. The molecule has 1 fully saturated rings. The zero-order valence-corrected chi connectivity index (χ0v) is 20.0. The number of nitrogens with zero attached hydrogens (tertiary/aromatic N) is 3. The molecule has 2 aromatic rings. The van der Waals surface area contributed by atoms with E-state index < -0.39 is 0 Å². The second-order valence-corrected chi connectivity index (χ2v) is 8.28.